The Labute approximate surface area is 170 Å². The molecule has 5 heteroatoms. The molecule has 3 aromatic rings. The molecule has 0 fully saturated rings. The van der Waals surface area contributed by atoms with Crippen molar-refractivity contribution in [3.8, 4) is 11.8 Å². The normalized spacial score (nSPS) is 11.1. The SMILES string of the molecule is C=CCn1c(C)c(/C=C(/C#N)C(=O)NCc2ccc(OC)cc2)c2ccccc21. The van der Waals surface area contributed by atoms with Crippen LogP contribution in [0.5, 0.6) is 5.75 Å². The third-order valence-corrected chi connectivity index (χ3v) is 4.86. The minimum Gasteiger partial charge on any atom is -0.497 e. The number of hydrogen-bond donors (Lipinski definition) is 1. The number of fused-ring (bicyclic) bond motifs is 1. The number of carbonyl (C=O) groups is 1. The average Bonchev–Trinajstić information content (AvgIpc) is 3.02. The van der Waals surface area contributed by atoms with Crippen LogP contribution in [0.1, 0.15) is 16.8 Å². The van der Waals surface area contributed by atoms with E-state index in [-0.39, 0.29) is 5.57 Å². The lowest BCUT2D eigenvalue weighted by Crippen LogP contribution is -2.23. The van der Waals surface area contributed by atoms with Crippen molar-refractivity contribution in [1.29, 1.82) is 5.26 Å². The first kappa shape index (κ1) is 20.0. The summed E-state index contributed by atoms with van der Waals surface area (Å²) in [5.74, 6) is 0.354. The van der Waals surface area contributed by atoms with Gasteiger partial charge in [0.1, 0.15) is 17.4 Å². The fourth-order valence-electron chi connectivity index (χ4n) is 3.32. The summed E-state index contributed by atoms with van der Waals surface area (Å²) in [5.41, 5.74) is 3.91. The maximum absolute atomic E-state index is 12.6. The van der Waals surface area contributed by atoms with E-state index in [2.05, 4.69) is 16.5 Å². The second kappa shape index (κ2) is 8.94. The summed E-state index contributed by atoms with van der Waals surface area (Å²) in [7, 11) is 1.61. The Balaban J connectivity index is 1.87. The maximum Gasteiger partial charge on any atom is 0.262 e. The van der Waals surface area contributed by atoms with Crippen molar-refractivity contribution in [2.24, 2.45) is 0 Å². The van der Waals surface area contributed by atoms with Crippen molar-refractivity contribution >= 4 is 22.9 Å². The van der Waals surface area contributed by atoms with E-state index in [1.165, 1.54) is 0 Å². The number of methoxy groups -OCH3 is 1. The highest BCUT2D eigenvalue weighted by Crippen LogP contribution is 2.28. The molecular weight excluding hydrogens is 362 g/mol. The number of benzene rings is 2. The first-order chi connectivity index (χ1) is 14.1. The lowest BCUT2D eigenvalue weighted by Gasteiger charge is -2.06. The molecule has 5 nitrogen and oxygen atoms in total. The molecule has 0 saturated carbocycles. The van der Waals surface area contributed by atoms with E-state index in [0.29, 0.717) is 13.1 Å². The Kier molecular flexibility index (Phi) is 6.16. The number of nitriles is 1. The topological polar surface area (TPSA) is 67.0 Å². The number of nitrogens with one attached hydrogen (secondary N) is 1. The van der Waals surface area contributed by atoms with Gasteiger partial charge in [-0.15, -0.1) is 6.58 Å². The van der Waals surface area contributed by atoms with Crippen LogP contribution in [0.15, 0.2) is 66.8 Å². The van der Waals surface area contributed by atoms with E-state index in [0.717, 1.165) is 33.5 Å². The molecule has 1 amide bonds. The van der Waals surface area contributed by atoms with Crippen LogP contribution in [0, 0.1) is 18.3 Å². The molecule has 146 valence electrons. The van der Waals surface area contributed by atoms with Crippen molar-refractivity contribution in [3.63, 3.8) is 0 Å². The second-order valence-corrected chi connectivity index (χ2v) is 6.62. The predicted molar refractivity (Wildman–Crippen MR) is 115 cm³/mol. The number of ether oxygens (including phenoxy) is 1. The summed E-state index contributed by atoms with van der Waals surface area (Å²) in [5, 5.41) is 13.4. The molecule has 0 spiro atoms. The largest absolute Gasteiger partial charge is 0.497 e. The Morgan fingerprint density at radius 1 is 1.24 bits per heavy atom. The summed E-state index contributed by atoms with van der Waals surface area (Å²) in [6.07, 6.45) is 3.50. The Morgan fingerprint density at radius 3 is 2.62 bits per heavy atom. The van der Waals surface area contributed by atoms with Gasteiger partial charge in [-0.3, -0.25) is 4.79 Å². The second-order valence-electron chi connectivity index (χ2n) is 6.62. The first-order valence-corrected chi connectivity index (χ1v) is 9.30. The van der Waals surface area contributed by atoms with Gasteiger partial charge in [-0.05, 0) is 36.8 Å². The fourth-order valence-corrected chi connectivity index (χ4v) is 3.32. The van der Waals surface area contributed by atoms with Crippen LogP contribution in [0.2, 0.25) is 0 Å². The minimum absolute atomic E-state index is 0.0723. The molecule has 0 radical (unpaired) electrons. The van der Waals surface area contributed by atoms with Crippen LogP contribution in [-0.4, -0.2) is 17.6 Å². The molecule has 3 rings (SSSR count). The minimum atomic E-state index is -0.400. The number of hydrogen-bond acceptors (Lipinski definition) is 3. The van der Waals surface area contributed by atoms with E-state index >= 15 is 0 Å². The molecule has 0 aliphatic rings. The van der Waals surface area contributed by atoms with Crippen molar-refractivity contribution in [3.05, 3.63) is 83.6 Å². The molecular formula is C24H23N3O2. The van der Waals surface area contributed by atoms with Crippen molar-refractivity contribution in [1.82, 2.24) is 9.88 Å². The van der Waals surface area contributed by atoms with Crippen LogP contribution < -0.4 is 10.1 Å². The van der Waals surface area contributed by atoms with Crippen molar-refractivity contribution < 1.29 is 9.53 Å². The Bertz CT molecular complexity index is 1120. The number of nitrogens with zero attached hydrogens (tertiary/aromatic N) is 2. The monoisotopic (exact) mass is 385 g/mol. The molecule has 0 aliphatic heterocycles. The third kappa shape index (κ3) is 4.22. The zero-order valence-electron chi connectivity index (χ0n) is 16.6. The summed E-state index contributed by atoms with van der Waals surface area (Å²) < 4.78 is 7.26. The van der Waals surface area contributed by atoms with Crippen molar-refractivity contribution in [2.45, 2.75) is 20.0 Å². The average molecular weight is 385 g/mol. The van der Waals surface area contributed by atoms with Crippen LogP contribution >= 0.6 is 0 Å². The zero-order chi connectivity index (χ0) is 20.8. The van der Waals surface area contributed by atoms with Crippen LogP contribution in [0.25, 0.3) is 17.0 Å². The van der Waals surface area contributed by atoms with Crippen LogP contribution in [0.4, 0.5) is 0 Å². The lowest BCUT2D eigenvalue weighted by atomic mass is 10.1. The summed E-state index contributed by atoms with van der Waals surface area (Å²) in [6, 6.07) is 17.4. The smallest absolute Gasteiger partial charge is 0.262 e. The number of aromatic nitrogens is 1. The molecule has 29 heavy (non-hydrogen) atoms. The molecule has 2 aromatic carbocycles. The van der Waals surface area contributed by atoms with Gasteiger partial charge in [-0.1, -0.05) is 36.4 Å². The first-order valence-electron chi connectivity index (χ1n) is 9.30. The van der Waals surface area contributed by atoms with Crippen LogP contribution in [0.3, 0.4) is 0 Å². The van der Waals surface area contributed by atoms with Gasteiger partial charge in [-0.2, -0.15) is 5.26 Å². The molecule has 0 unspecified atom stereocenters. The number of allylic oxidation sites excluding steroid dienone is 1. The van der Waals surface area contributed by atoms with Crippen molar-refractivity contribution in [2.75, 3.05) is 7.11 Å². The highest BCUT2D eigenvalue weighted by Gasteiger charge is 2.15. The molecule has 1 heterocycles. The molecule has 0 atom stereocenters. The summed E-state index contributed by atoms with van der Waals surface area (Å²) in [6.45, 7) is 6.80. The van der Waals surface area contributed by atoms with Gasteiger partial charge in [-0.25, -0.2) is 0 Å². The van der Waals surface area contributed by atoms with E-state index in [9.17, 15) is 10.1 Å². The third-order valence-electron chi connectivity index (χ3n) is 4.86. The van der Waals surface area contributed by atoms with E-state index in [1.54, 1.807) is 13.2 Å². The van der Waals surface area contributed by atoms with E-state index in [4.69, 9.17) is 4.74 Å². The lowest BCUT2D eigenvalue weighted by molar-refractivity contribution is -0.117. The zero-order valence-corrected chi connectivity index (χ0v) is 16.6. The molecule has 0 aliphatic carbocycles. The molecule has 1 aromatic heterocycles. The predicted octanol–water partition coefficient (Wildman–Crippen LogP) is 4.37. The standard InChI is InChI=1S/C24H23N3O2/c1-4-13-27-17(2)22(21-7-5-6-8-23(21)27)14-19(15-25)24(28)26-16-18-9-11-20(29-3)12-10-18/h4-12,14H,1,13,16H2,2-3H3,(H,26,28)/b19-14-. The highest BCUT2D eigenvalue weighted by molar-refractivity contribution is 6.04. The Morgan fingerprint density at radius 2 is 1.97 bits per heavy atom. The van der Waals surface area contributed by atoms with Gasteiger partial charge in [0.25, 0.3) is 5.91 Å². The molecule has 0 bridgehead atoms. The van der Waals surface area contributed by atoms with Gasteiger partial charge < -0.3 is 14.6 Å². The molecule has 1 N–H and O–H groups in total. The summed E-state index contributed by atoms with van der Waals surface area (Å²) >= 11 is 0. The molecule has 0 saturated heterocycles. The number of carbonyl (C=O) groups excluding carboxylic acids is 1. The summed E-state index contributed by atoms with van der Waals surface area (Å²) in [4.78, 5) is 12.6. The van der Waals surface area contributed by atoms with Gasteiger partial charge in [0.2, 0.25) is 0 Å². The van der Waals surface area contributed by atoms with Crippen LogP contribution in [-0.2, 0) is 17.9 Å². The number of para-hydroxylation sites is 1. The van der Waals surface area contributed by atoms with Gasteiger partial charge >= 0.3 is 0 Å². The number of amides is 1. The Hall–Kier alpha value is -3.78. The highest BCUT2D eigenvalue weighted by atomic mass is 16.5. The number of rotatable bonds is 7. The fraction of sp³-hybridized carbons (Fsp3) is 0.167. The van der Waals surface area contributed by atoms with E-state index < -0.39 is 5.91 Å². The maximum atomic E-state index is 12.6. The van der Waals surface area contributed by atoms with Gasteiger partial charge in [0.15, 0.2) is 0 Å². The quantitative estimate of drug-likeness (QED) is 0.373. The van der Waals surface area contributed by atoms with Gasteiger partial charge in [0, 0.05) is 35.2 Å². The van der Waals surface area contributed by atoms with Gasteiger partial charge in [0.05, 0.1) is 7.11 Å². The van der Waals surface area contributed by atoms with E-state index in [1.807, 2.05) is 67.6 Å².